The van der Waals surface area contributed by atoms with Gasteiger partial charge in [0.25, 0.3) is 0 Å². The predicted molar refractivity (Wildman–Crippen MR) is 203 cm³/mol. The highest BCUT2D eigenvalue weighted by Gasteiger charge is 2.06. The Kier molecular flexibility index (Phi) is 34.7. The van der Waals surface area contributed by atoms with Crippen molar-refractivity contribution in [3.8, 4) is 5.75 Å². The number of esters is 1. The van der Waals surface area contributed by atoms with Crippen molar-refractivity contribution in [2.75, 3.05) is 6.61 Å². The summed E-state index contributed by atoms with van der Waals surface area (Å²) in [7, 11) is 0. The second-order valence-electron chi connectivity index (χ2n) is 12.2. The van der Waals surface area contributed by atoms with E-state index in [1.54, 1.807) is 12.2 Å². The molecular weight excluding hydrogens is 564 g/mol. The molecule has 1 aromatic carbocycles. The molecule has 1 aromatic rings. The molecule has 0 spiro atoms. The van der Waals surface area contributed by atoms with E-state index in [0.29, 0.717) is 12.2 Å². The summed E-state index contributed by atoms with van der Waals surface area (Å²) in [6.45, 7) is 8.03. The molecule has 0 aliphatic rings. The number of carbonyl (C=O) groups is 1. The standard InChI is InChI=1S/C39H62O2.C4H8O/c1-3-5-7-9-11-13-15-17-18-20-22-24-26-28-30-35-39(40)41-38-34-31-33-37(36-38)32-29-27-25-23-21-19-16-14-12-10-8-6-4-2;1-2-3-4-5/h4,8,10,14,16-18,31,33-34,36H,2-3,5-7,9,11-13,15,19-30,32,35H2,1H3;2-3,5H,4H2,1H3/b10-8-,16-14-,18-17-;3-2-. The average Bonchev–Trinajstić information content (AvgIpc) is 3.06. The van der Waals surface area contributed by atoms with E-state index < -0.39 is 0 Å². The van der Waals surface area contributed by atoms with Gasteiger partial charge in [-0.3, -0.25) is 4.79 Å². The summed E-state index contributed by atoms with van der Waals surface area (Å²) in [6.07, 6.45) is 46.6. The van der Waals surface area contributed by atoms with Gasteiger partial charge >= 0.3 is 5.97 Å². The summed E-state index contributed by atoms with van der Waals surface area (Å²) >= 11 is 0. The van der Waals surface area contributed by atoms with Gasteiger partial charge in [-0.05, 0) is 95.2 Å². The van der Waals surface area contributed by atoms with E-state index in [1.165, 1.54) is 115 Å². The molecule has 0 saturated carbocycles. The number of aryl methyl sites for hydroxylation is 1. The number of rotatable bonds is 29. The van der Waals surface area contributed by atoms with Crippen molar-refractivity contribution in [2.45, 2.75) is 162 Å². The van der Waals surface area contributed by atoms with E-state index in [0.717, 1.165) is 32.1 Å². The third kappa shape index (κ3) is 32.7. The smallest absolute Gasteiger partial charge is 0.311 e. The first kappa shape index (κ1) is 43.4. The minimum absolute atomic E-state index is 0.0957. The normalized spacial score (nSPS) is 11.5. The molecule has 0 aliphatic heterocycles. The van der Waals surface area contributed by atoms with Crippen molar-refractivity contribution in [1.29, 1.82) is 0 Å². The second kappa shape index (κ2) is 36.8. The van der Waals surface area contributed by atoms with Gasteiger partial charge in [-0.1, -0.05) is 144 Å². The van der Waals surface area contributed by atoms with Crippen LogP contribution in [0.5, 0.6) is 5.75 Å². The van der Waals surface area contributed by atoms with Gasteiger partial charge in [-0.15, -0.1) is 6.58 Å². The van der Waals surface area contributed by atoms with Crippen LogP contribution in [0.4, 0.5) is 0 Å². The molecule has 260 valence electrons. The Morgan fingerprint density at radius 3 is 1.83 bits per heavy atom. The summed E-state index contributed by atoms with van der Waals surface area (Å²) in [5, 5.41) is 7.98. The Hall–Kier alpha value is -2.65. The summed E-state index contributed by atoms with van der Waals surface area (Å²) in [5.41, 5.74) is 1.27. The largest absolute Gasteiger partial charge is 0.427 e. The number of ether oxygens (including phenoxy) is 1. The number of benzene rings is 1. The maximum absolute atomic E-state index is 12.3. The third-order valence-corrected chi connectivity index (χ3v) is 7.86. The molecule has 0 amide bonds. The fourth-order valence-electron chi connectivity index (χ4n) is 5.10. The quantitative estimate of drug-likeness (QED) is 0.0413. The zero-order chi connectivity index (χ0) is 33.6. The highest BCUT2D eigenvalue weighted by atomic mass is 16.5. The van der Waals surface area contributed by atoms with Crippen LogP contribution in [-0.2, 0) is 11.2 Å². The van der Waals surface area contributed by atoms with Crippen molar-refractivity contribution in [3.63, 3.8) is 0 Å². The van der Waals surface area contributed by atoms with Gasteiger partial charge in [0, 0.05) is 6.42 Å². The van der Waals surface area contributed by atoms with Crippen molar-refractivity contribution in [1.82, 2.24) is 0 Å². The lowest BCUT2D eigenvalue weighted by atomic mass is 10.0. The number of aliphatic hydroxyl groups is 1. The minimum Gasteiger partial charge on any atom is -0.427 e. The Morgan fingerprint density at radius 2 is 1.24 bits per heavy atom. The number of carbonyl (C=O) groups excluding carboxylic acids is 1. The van der Waals surface area contributed by atoms with E-state index in [2.05, 4.69) is 56.0 Å². The van der Waals surface area contributed by atoms with Gasteiger partial charge in [0.05, 0.1) is 6.61 Å². The molecule has 1 N–H and O–H groups in total. The molecule has 0 saturated heterocycles. The lowest BCUT2D eigenvalue weighted by Crippen LogP contribution is -2.07. The number of hydrogen-bond donors (Lipinski definition) is 1. The summed E-state index contributed by atoms with van der Waals surface area (Å²) in [6, 6.07) is 8.12. The van der Waals surface area contributed by atoms with Gasteiger partial charge in [0.1, 0.15) is 5.75 Å². The van der Waals surface area contributed by atoms with E-state index in [-0.39, 0.29) is 12.6 Å². The molecule has 0 atom stereocenters. The maximum atomic E-state index is 12.3. The van der Waals surface area contributed by atoms with Crippen LogP contribution < -0.4 is 4.74 Å². The van der Waals surface area contributed by atoms with E-state index in [4.69, 9.17) is 9.84 Å². The fraction of sp³-hybridized carbons (Fsp3) is 0.605. The Morgan fingerprint density at radius 1 is 0.696 bits per heavy atom. The zero-order valence-electron chi connectivity index (χ0n) is 29.9. The molecule has 0 radical (unpaired) electrons. The molecule has 3 heteroatoms. The molecule has 0 fully saturated rings. The van der Waals surface area contributed by atoms with Crippen LogP contribution in [0, 0.1) is 0 Å². The van der Waals surface area contributed by atoms with Crippen molar-refractivity contribution < 1.29 is 14.6 Å². The highest BCUT2D eigenvalue weighted by molar-refractivity contribution is 5.72. The van der Waals surface area contributed by atoms with Crippen LogP contribution in [0.1, 0.15) is 161 Å². The molecule has 0 aliphatic carbocycles. The topological polar surface area (TPSA) is 46.5 Å². The van der Waals surface area contributed by atoms with E-state index in [1.807, 2.05) is 31.2 Å². The number of allylic oxidation sites excluding steroid dienone is 8. The van der Waals surface area contributed by atoms with Crippen LogP contribution in [0.3, 0.4) is 0 Å². The van der Waals surface area contributed by atoms with Crippen LogP contribution in [0.25, 0.3) is 0 Å². The molecule has 0 aromatic heterocycles. The van der Waals surface area contributed by atoms with E-state index in [9.17, 15) is 4.79 Å². The van der Waals surface area contributed by atoms with Gasteiger partial charge in [-0.2, -0.15) is 0 Å². The molecule has 0 heterocycles. The summed E-state index contributed by atoms with van der Waals surface area (Å²) in [5.74, 6) is 0.605. The zero-order valence-corrected chi connectivity index (χ0v) is 29.9. The first-order valence-corrected chi connectivity index (χ1v) is 18.7. The summed E-state index contributed by atoms with van der Waals surface area (Å²) < 4.78 is 5.63. The Labute approximate surface area is 285 Å². The van der Waals surface area contributed by atoms with Crippen molar-refractivity contribution in [3.05, 3.63) is 91.1 Å². The van der Waals surface area contributed by atoms with Crippen molar-refractivity contribution >= 4 is 5.97 Å². The van der Waals surface area contributed by atoms with Gasteiger partial charge < -0.3 is 9.84 Å². The van der Waals surface area contributed by atoms with Crippen LogP contribution in [0.15, 0.2) is 85.5 Å². The first-order chi connectivity index (χ1) is 22.7. The van der Waals surface area contributed by atoms with Gasteiger partial charge in [-0.25, -0.2) is 0 Å². The second-order valence-corrected chi connectivity index (χ2v) is 12.2. The van der Waals surface area contributed by atoms with Gasteiger partial charge in [0.2, 0.25) is 0 Å². The Balaban J connectivity index is 0.00000373. The number of aliphatic hydroxyl groups excluding tert-OH is 1. The SMILES string of the molecule is C/C=C\CO.C=CC/C=C\C/C=C\CCCCCCCc1cccc(OC(=O)CCCCCCC/C=C\CCCCCCCC)c1. The molecule has 0 unspecified atom stereocenters. The number of hydrogen-bond acceptors (Lipinski definition) is 3. The van der Waals surface area contributed by atoms with Crippen molar-refractivity contribution in [2.24, 2.45) is 0 Å². The first-order valence-electron chi connectivity index (χ1n) is 18.7. The highest BCUT2D eigenvalue weighted by Crippen LogP contribution is 2.18. The predicted octanol–water partition coefficient (Wildman–Crippen LogP) is 13.1. The minimum atomic E-state index is -0.0957. The van der Waals surface area contributed by atoms with Gasteiger partial charge in [0.15, 0.2) is 0 Å². The van der Waals surface area contributed by atoms with E-state index >= 15 is 0 Å². The molecular formula is C43H70O3. The summed E-state index contributed by atoms with van der Waals surface area (Å²) in [4.78, 5) is 12.3. The lowest BCUT2D eigenvalue weighted by Gasteiger charge is -2.07. The van der Waals surface area contributed by atoms with Crippen LogP contribution >= 0.6 is 0 Å². The molecule has 0 bridgehead atoms. The maximum Gasteiger partial charge on any atom is 0.311 e. The molecule has 46 heavy (non-hydrogen) atoms. The van der Waals surface area contributed by atoms with Crippen LogP contribution in [0.2, 0.25) is 0 Å². The lowest BCUT2D eigenvalue weighted by molar-refractivity contribution is -0.134. The third-order valence-electron chi connectivity index (χ3n) is 7.86. The Bertz CT molecular complexity index is 924. The molecule has 3 nitrogen and oxygen atoms in total. The number of unbranched alkanes of at least 4 members (excludes halogenated alkanes) is 16. The average molecular weight is 635 g/mol. The fourth-order valence-corrected chi connectivity index (χ4v) is 5.10. The monoisotopic (exact) mass is 635 g/mol. The molecule has 1 rings (SSSR count). The van der Waals surface area contributed by atoms with Crippen LogP contribution in [-0.4, -0.2) is 17.7 Å².